The third-order valence-electron chi connectivity index (χ3n) is 5.05. The zero-order valence-corrected chi connectivity index (χ0v) is 17.9. The number of ether oxygens (including phenoxy) is 1. The normalized spacial score (nSPS) is 11.8. The highest BCUT2D eigenvalue weighted by molar-refractivity contribution is 8.00. The van der Waals surface area contributed by atoms with Gasteiger partial charge in [0.15, 0.2) is 0 Å². The van der Waals surface area contributed by atoms with Crippen molar-refractivity contribution in [2.24, 2.45) is 0 Å². The van der Waals surface area contributed by atoms with E-state index >= 15 is 0 Å². The lowest BCUT2D eigenvalue weighted by Gasteiger charge is -2.11. The number of aromatic hydroxyl groups is 1. The number of fused-ring (bicyclic) bond motifs is 1. The van der Waals surface area contributed by atoms with Crippen LogP contribution in [0.15, 0.2) is 64.4 Å². The van der Waals surface area contributed by atoms with Gasteiger partial charge in [-0.15, -0.1) is 0 Å². The van der Waals surface area contributed by atoms with Gasteiger partial charge < -0.3 is 9.84 Å². The Morgan fingerprint density at radius 1 is 1.12 bits per heavy atom. The first-order chi connectivity index (χ1) is 15.2. The Kier molecular flexibility index (Phi) is 5.64. The molecule has 0 radical (unpaired) electrons. The molecule has 2 aromatic heterocycles. The summed E-state index contributed by atoms with van der Waals surface area (Å²) in [7, 11) is 1.55. The zero-order valence-electron chi connectivity index (χ0n) is 17.1. The Labute approximate surface area is 184 Å². The summed E-state index contributed by atoms with van der Waals surface area (Å²) in [6.45, 7) is 1.74. The highest BCUT2D eigenvalue weighted by atomic mass is 32.2. The smallest absolute Gasteiger partial charge is 0.446 e. The first-order valence-electron chi connectivity index (χ1n) is 9.47. The van der Waals surface area contributed by atoms with E-state index in [-0.39, 0.29) is 34.8 Å². The van der Waals surface area contributed by atoms with Crippen LogP contribution in [0.1, 0.15) is 11.3 Å². The summed E-state index contributed by atoms with van der Waals surface area (Å²) in [5.41, 5.74) is -2.87. The number of benzene rings is 2. The molecule has 4 rings (SSSR count). The Hall–Kier alpha value is -3.40. The summed E-state index contributed by atoms with van der Waals surface area (Å²) in [6, 6.07) is 12.5. The van der Waals surface area contributed by atoms with Crippen molar-refractivity contribution in [3.05, 3.63) is 76.5 Å². The van der Waals surface area contributed by atoms with Crippen LogP contribution >= 0.6 is 11.8 Å². The monoisotopic (exact) mass is 461 g/mol. The van der Waals surface area contributed by atoms with Gasteiger partial charge in [0.05, 0.1) is 30.6 Å². The van der Waals surface area contributed by atoms with Crippen molar-refractivity contribution in [2.75, 3.05) is 7.11 Å². The average molecular weight is 461 g/mol. The second kappa shape index (κ2) is 8.27. The standard InChI is InChI=1S/C22H18F3N3O3S/c1-13-20(29)28(15-6-8-16(9-7-15)32-22(23,24)25)21(30)27(13)12-14-10-11-26-17-4-3-5-18(31-2)19(14)17/h3-11,29H,12H2,1-2H3. The molecule has 0 fully saturated rings. The van der Waals surface area contributed by atoms with E-state index in [4.69, 9.17) is 4.74 Å². The van der Waals surface area contributed by atoms with E-state index in [1.807, 2.05) is 12.1 Å². The number of aromatic nitrogens is 3. The van der Waals surface area contributed by atoms with Crippen LogP contribution < -0.4 is 10.4 Å². The summed E-state index contributed by atoms with van der Waals surface area (Å²) < 4.78 is 45.6. The molecule has 10 heteroatoms. The summed E-state index contributed by atoms with van der Waals surface area (Å²) in [5.74, 6) is 0.328. The molecule has 0 aliphatic rings. The predicted molar refractivity (Wildman–Crippen MR) is 116 cm³/mol. The molecule has 0 spiro atoms. The number of nitrogens with zero attached hydrogens (tertiary/aromatic N) is 3. The average Bonchev–Trinajstić information content (AvgIpc) is 2.96. The number of pyridine rings is 1. The quantitative estimate of drug-likeness (QED) is 0.430. The number of thioether (sulfide) groups is 1. The van der Waals surface area contributed by atoms with E-state index < -0.39 is 11.2 Å². The van der Waals surface area contributed by atoms with E-state index in [1.54, 1.807) is 32.4 Å². The van der Waals surface area contributed by atoms with Gasteiger partial charge in [-0.2, -0.15) is 13.2 Å². The Morgan fingerprint density at radius 2 is 1.84 bits per heavy atom. The number of halogens is 3. The molecular formula is C22H18F3N3O3S. The first-order valence-corrected chi connectivity index (χ1v) is 10.3. The summed E-state index contributed by atoms with van der Waals surface area (Å²) in [4.78, 5) is 17.5. The van der Waals surface area contributed by atoms with Crippen molar-refractivity contribution in [3.8, 4) is 17.3 Å². The molecule has 4 aromatic rings. The van der Waals surface area contributed by atoms with Gasteiger partial charge in [-0.3, -0.25) is 9.55 Å². The molecule has 0 aliphatic heterocycles. The zero-order chi connectivity index (χ0) is 23.0. The van der Waals surface area contributed by atoms with Crippen LogP contribution in [0, 0.1) is 6.92 Å². The van der Waals surface area contributed by atoms with Gasteiger partial charge in [0.2, 0.25) is 5.88 Å². The highest BCUT2D eigenvalue weighted by Crippen LogP contribution is 2.37. The van der Waals surface area contributed by atoms with Crippen molar-refractivity contribution in [1.82, 2.24) is 14.1 Å². The Balaban J connectivity index is 1.76. The lowest BCUT2D eigenvalue weighted by Crippen LogP contribution is -2.24. The van der Waals surface area contributed by atoms with Crippen molar-refractivity contribution in [3.63, 3.8) is 0 Å². The molecule has 0 amide bonds. The van der Waals surface area contributed by atoms with Crippen LogP contribution in [0.2, 0.25) is 0 Å². The van der Waals surface area contributed by atoms with E-state index in [1.165, 1.54) is 28.8 Å². The van der Waals surface area contributed by atoms with E-state index in [9.17, 15) is 23.1 Å². The minimum absolute atomic E-state index is 0.0136. The fourth-order valence-electron chi connectivity index (χ4n) is 3.57. The van der Waals surface area contributed by atoms with Crippen LogP contribution in [-0.4, -0.2) is 31.8 Å². The maximum atomic E-state index is 13.2. The number of alkyl halides is 3. The van der Waals surface area contributed by atoms with Crippen molar-refractivity contribution >= 4 is 22.7 Å². The SMILES string of the molecule is COc1cccc2nccc(Cn3c(C)c(O)n(-c4ccc(SC(F)(F)F)cc4)c3=O)c12. The van der Waals surface area contributed by atoms with Gasteiger partial charge in [-0.25, -0.2) is 9.36 Å². The number of imidazole rings is 1. The molecule has 0 atom stereocenters. The van der Waals surface area contributed by atoms with Gasteiger partial charge in [0, 0.05) is 16.5 Å². The summed E-state index contributed by atoms with van der Waals surface area (Å²) >= 11 is -0.245. The molecule has 1 N–H and O–H groups in total. The fourth-order valence-corrected chi connectivity index (χ4v) is 4.11. The maximum absolute atomic E-state index is 13.2. The number of hydrogen-bond donors (Lipinski definition) is 1. The van der Waals surface area contributed by atoms with E-state index in [0.717, 1.165) is 15.5 Å². The Morgan fingerprint density at radius 3 is 2.50 bits per heavy atom. The first kappa shape index (κ1) is 21.8. The lowest BCUT2D eigenvalue weighted by molar-refractivity contribution is -0.0328. The maximum Gasteiger partial charge on any atom is 0.446 e. The second-order valence-electron chi connectivity index (χ2n) is 6.98. The lowest BCUT2D eigenvalue weighted by atomic mass is 10.1. The topological polar surface area (TPSA) is 69.3 Å². The van der Waals surface area contributed by atoms with Crippen LogP contribution in [0.25, 0.3) is 16.6 Å². The molecule has 2 heterocycles. The summed E-state index contributed by atoms with van der Waals surface area (Å²) in [6.07, 6.45) is 1.63. The number of rotatable bonds is 5. The molecule has 0 aliphatic carbocycles. The number of methoxy groups -OCH3 is 1. The predicted octanol–water partition coefficient (Wildman–Crippen LogP) is 4.87. The molecule has 2 aromatic carbocycles. The summed E-state index contributed by atoms with van der Waals surface area (Å²) in [5, 5.41) is 11.4. The third kappa shape index (κ3) is 4.05. The van der Waals surface area contributed by atoms with Crippen LogP contribution in [0.3, 0.4) is 0 Å². The second-order valence-corrected chi connectivity index (χ2v) is 8.12. The fraction of sp³-hybridized carbons (Fsp3) is 0.182. The van der Waals surface area contributed by atoms with Crippen molar-refractivity contribution in [2.45, 2.75) is 23.9 Å². The van der Waals surface area contributed by atoms with Gasteiger partial charge >= 0.3 is 11.2 Å². The van der Waals surface area contributed by atoms with E-state index in [0.29, 0.717) is 17.0 Å². The molecule has 6 nitrogen and oxygen atoms in total. The van der Waals surface area contributed by atoms with Crippen LogP contribution in [0.5, 0.6) is 11.6 Å². The van der Waals surface area contributed by atoms with Crippen molar-refractivity contribution in [1.29, 1.82) is 0 Å². The highest BCUT2D eigenvalue weighted by Gasteiger charge is 2.29. The Bertz CT molecular complexity index is 1340. The van der Waals surface area contributed by atoms with Crippen molar-refractivity contribution < 1.29 is 23.0 Å². The van der Waals surface area contributed by atoms with Gasteiger partial charge in [0.25, 0.3) is 0 Å². The minimum atomic E-state index is -4.41. The van der Waals surface area contributed by atoms with Gasteiger partial charge in [-0.05, 0) is 66.7 Å². The number of hydrogen-bond acceptors (Lipinski definition) is 5. The third-order valence-corrected chi connectivity index (χ3v) is 5.79. The molecule has 32 heavy (non-hydrogen) atoms. The molecule has 0 saturated heterocycles. The molecule has 166 valence electrons. The molecular weight excluding hydrogens is 443 g/mol. The van der Waals surface area contributed by atoms with Gasteiger partial charge in [0.1, 0.15) is 5.75 Å². The largest absolute Gasteiger partial charge is 0.496 e. The van der Waals surface area contributed by atoms with Crippen LogP contribution in [0.4, 0.5) is 13.2 Å². The molecule has 0 unspecified atom stereocenters. The van der Waals surface area contributed by atoms with E-state index in [2.05, 4.69) is 4.98 Å². The molecule has 0 saturated carbocycles. The minimum Gasteiger partial charge on any atom is -0.496 e. The molecule has 0 bridgehead atoms. The van der Waals surface area contributed by atoms with Gasteiger partial charge in [-0.1, -0.05) is 6.07 Å². The van der Waals surface area contributed by atoms with Crippen LogP contribution in [-0.2, 0) is 6.54 Å².